The number of likely N-dealkylation sites (tertiary alicyclic amines) is 1. The van der Waals surface area contributed by atoms with Crippen molar-refractivity contribution in [3.05, 3.63) is 61.0 Å². The predicted molar refractivity (Wildman–Crippen MR) is 127 cm³/mol. The maximum absolute atomic E-state index is 13.2. The van der Waals surface area contributed by atoms with Crippen LogP contribution in [0, 0.1) is 17.7 Å². The first-order chi connectivity index (χ1) is 16.4. The second-order valence-corrected chi connectivity index (χ2v) is 8.51. The monoisotopic (exact) mass is 474 g/mol. The summed E-state index contributed by atoms with van der Waals surface area (Å²) in [5.41, 5.74) is 0.828. The molecule has 0 aromatic heterocycles. The van der Waals surface area contributed by atoms with Gasteiger partial charge in [0.05, 0.1) is 24.5 Å². The highest BCUT2D eigenvalue weighted by Gasteiger charge is 2.34. The number of aliphatic hydroxyl groups excluding tert-OH is 1. The topological polar surface area (TPSA) is 95.9 Å². The number of carbonyl (C=O) groups is 3. The van der Waals surface area contributed by atoms with Crippen LogP contribution in [0.4, 0.5) is 4.39 Å². The van der Waals surface area contributed by atoms with Gasteiger partial charge in [-0.15, -0.1) is 13.2 Å². The Balaban J connectivity index is 1.97. The normalized spacial score (nSPS) is 17.0. The summed E-state index contributed by atoms with van der Waals surface area (Å²) in [7, 11) is 0. The highest BCUT2D eigenvalue weighted by molar-refractivity contribution is 5.86. The first kappa shape index (κ1) is 27.2. The predicted octanol–water partition coefficient (Wildman–Crippen LogP) is 2.79. The molecule has 0 spiro atoms. The molecule has 2 N–H and O–H groups in total. The highest BCUT2D eigenvalue weighted by atomic mass is 19.1. The molecule has 1 aliphatic rings. The van der Waals surface area contributed by atoms with Crippen LogP contribution in [0.3, 0.4) is 0 Å². The number of halogens is 1. The summed E-state index contributed by atoms with van der Waals surface area (Å²) in [6.45, 7) is 8.00. The van der Waals surface area contributed by atoms with E-state index in [4.69, 9.17) is 9.84 Å². The molecule has 0 unspecified atom stereocenters. The van der Waals surface area contributed by atoms with Crippen LogP contribution < -0.4 is 5.32 Å². The Bertz CT molecular complexity index is 842. The lowest BCUT2D eigenvalue weighted by atomic mass is 9.96. The van der Waals surface area contributed by atoms with Gasteiger partial charge >= 0.3 is 5.97 Å². The van der Waals surface area contributed by atoms with Crippen molar-refractivity contribution in [2.45, 2.75) is 44.6 Å². The van der Waals surface area contributed by atoms with E-state index in [2.05, 4.69) is 18.5 Å². The number of amides is 2. The summed E-state index contributed by atoms with van der Waals surface area (Å²) in [4.78, 5) is 39.7. The maximum Gasteiger partial charge on any atom is 0.309 e. The van der Waals surface area contributed by atoms with E-state index in [1.807, 2.05) is 0 Å². The van der Waals surface area contributed by atoms with Gasteiger partial charge in [-0.3, -0.25) is 14.4 Å². The summed E-state index contributed by atoms with van der Waals surface area (Å²) in [6, 6.07) is 5.76. The van der Waals surface area contributed by atoms with Crippen molar-refractivity contribution >= 4 is 17.8 Å². The molecule has 3 atom stereocenters. The Labute approximate surface area is 200 Å². The molecule has 1 heterocycles. The zero-order valence-corrected chi connectivity index (χ0v) is 19.6. The highest BCUT2D eigenvalue weighted by Crippen LogP contribution is 2.24. The van der Waals surface area contributed by atoms with Crippen LogP contribution in [0.5, 0.6) is 0 Å². The van der Waals surface area contributed by atoms with Crippen molar-refractivity contribution in [2.75, 3.05) is 26.3 Å². The number of allylic oxidation sites excluding steroid dienone is 2. The number of esters is 1. The fourth-order valence-corrected chi connectivity index (χ4v) is 4.16. The Hall–Kier alpha value is -3.00. The molecule has 1 saturated heterocycles. The fourth-order valence-electron chi connectivity index (χ4n) is 4.16. The molecule has 0 aliphatic carbocycles. The van der Waals surface area contributed by atoms with Crippen LogP contribution in [0.15, 0.2) is 49.6 Å². The first-order valence-electron chi connectivity index (χ1n) is 11.7. The third-order valence-corrected chi connectivity index (χ3v) is 5.92. The number of aliphatic hydroxyl groups is 1. The molecular weight excluding hydrogens is 439 g/mol. The minimum atomic E-state index is -0.556. The second-order valence-electron chi connectivity index (χ2n) is 8.51. The van der Waals surface area contributed by atoms with Crippen molar-refractivity contribution in [1.82, 2.24) is 10.2 Å². The Morgan fingerprint density at radius 3 is 2.50 bits per heavy atom. The van der Waals surface area contributed by atoms with Crippen molar-refractivity contribution in [3.63, 3.8) is 0 Å². The van der Waals surface area contributed by atoms with Gasteiger partial charge in [-0.2, -0.15) is 0 Å². The largest absolute Gasteiger partial charge is 0.463 e. The van der Waals surface area contributed by atoms with E-state index in [1.54, 1.807) is 29.2 Å². The van der Waals surface area contributed by atoms with Gasteiger partial charge in [0.15, 0.2) is 0 Å². The van der Waals surface area contributed by atoms with Gasteiger partial charge < -0.3 is 20.1 Å². The molecule has 2 rings (SSSR count). The molecule has 1 aromatic rings. The van der Waals surface area contributed by atoms with E-state index >= 15 is 0 Å². The van der Waals surface area contributed by atoms with Crippen LogP contribution in [0.25, 0.3) is 0 Å². The molecule has 1 aliphatic heterocycles. The minimum absolute atomic E-state index is 0.00688. The molecular formula is C26H35FN2O5. The van der Waals surface area contributed by atoms with Crippen LogP contribution in [-0.4, -0.2) is 60.1 Å². The first-order valence-corrected chi connectivity index (χ1v) is 11.7. The van der Waals surface area contributed by atoms with E-state index in [9.17, 15) is 18.8 Å². The fraction of sp³-hybridized carbons (Fsp3) is 0.500. The second kappa shape index (κ2) is 14.3. The van der Waals surface area contributed by atoms with Gasteiger partial charge in [0.2, 0.25) is 11.8 Å². The summed E-state index contributed by atoms with van der Waals surface area (Å²) in [6.07, 6.45) is 5.96. The minimum Gasteiger partial charge on any atom is -0.463 e. The Morgan fingerprint density at radius 2 is 1.85 bits per heavy atom. The molecule has 8 heteroatoms. The number of hydrogen-bond donors (Lipinski definition) is 2. The van der Waals surface area contributed by atoms with E-state index in [0.29, 0.717) is 32.2 Å². The van der Waals surface area contributed by atoms with Crippen molar-refractivity contribution in [1.29, 1.82) is 0 Å². The lowest BCUT2D eigenvalue weighted by Crippen LogP contribution is -2.43. The van der Waals surface area contributed by atoms with Gasteiger partial charge in [0.1, 0.15) is 12.4 Å². The lowest BCUT2D eigenvalue weighted by Gasteiger charge is -2.28. The van der Waals surface area contributed by atoms with Crippen molar-refractivity contribution in [3.8, 4) is 0 Å². The Morgan fingerprint density at radius 1 is 1.18 bits per heavy atom. The Kier molecular flexibility index (Phi) is 11.5. The zero-order valence-electron chi connectivity index (χ0n) is 19.6. The van der Waals surface area contributed by atoms with E-state index in [-0.39, 0.29) is 55.8 Å². The third kappa shape index (κ3) is 8.41. The van der Waals surface area contributed by atoms with Gasteiger partial charge in [0.25, 0.3) is 0 Å². The van der Waals surface area contributed by atoms with Crippen LogP contribution in [0.2, 0.25) is 0 Å². The number of rotatable bonds is 14. The zero-order chi connectivity index (χ0) is 24.9. The number of carbonyl (C=O) groups excluding carboxylic acids is 3. The number of nitrogens with one attached hydrogen (secondary N) is 1. The van der Waals surface area contributed by atoms with Crippen LogP contribution >= 0.6 is 0 Å². The van der Waals surface area contributed by atoms with Crippen LogP contribution in [0.1, 0.15) is 37.7 Å². The molecule has 1 fully saturated rings. The molecule has 186 valence electrons. The summed E-state index contributed by atoms with van der Waals surface area (Å²) >= 11 is 0. The summed E-state index contributed by atoms with van der Waals surface area (Å²) in [5, 5.41) is 11.4. The summed E-state index contributed by atoms with van der Waals surface area (Å²) < 4.78 is 18.8. The average molecular weight is 475 g/mol. The SMILES string of the molecule is C=CC[C@@H](Cc1ccc(F)cc1)C(=O)OC[C@@H]1CCCN1C(=O)[C@@H](CC=C)CC(=O)NCCO. The third-order valence-electron chi connectivity index (χ3n) is 5.92. The molecule has 0 bridgehead atoms. The number of nitrogens with zero attached hydrogens (tertiary/aromatic N) is 1. The molecule has 0 radical (unpaired) electrons. The molecule has 1 aromatic carbocycles. The average Bonchev–Trinajstić information content (AvgIpc) is 3.30. The maximum atomic E-state index is 13.2. The van der Waals surface area contributed by atoms with Gasteiger partial charge in [-0.1, -0.05) is 24.3 Å². The van der Waals surface area contributed by atoms with Crippen molar-refractivity contribution in [2.24, 2.45) is 11.8 Å². The smallest absolute Gasteiger partial charge is 0.309 e. The molecule has 0 saturated carbocycles. The quantitative estimate of drug-likeness (QED) is 0.319. The number of benzene rings is 1. The summed E-state index contributed by atoms with van der Waals surface area (Å²) in [5.74, 6) is -2.18. The number of ether oxygens (including phenoxy) is 1. The van der Waals surface area contributed by atoms with Gasteiger partial charge in [-0.25, -0.2) is 4.39 Å². The van der Waals surface area contributed by atoms with E-state index < -0.39 is 11.8 Å². The number of hydrogen-bond acceptors (Lipinski definition) is 5. The van der Waals surface area contributed by atoms with Gasteiger partial charge in [0, 0.05) is 19.5 Å². The van der Waals surface area contributed by atoms with Crippen molar-refractivity contribution < 1.29 is 28.6 Å². The molecule has 7 nitrogen and oxygen atoms in total. The van der Waals surface area contributed by atoms with E-state index in [0.717, 1.165) is 12.0 Å². The molecule has 34 heavy (non-hydrogen) atoms. The molecule has 2 amide bonds. The standard InChI is InChI=1S/C26H35FN2O5/c1-3-6-20(17-24(31)28-13-15-30)25(32)29-14-5-8-23(29)18-34-26(33)21(7-4-2)16-19-9-11-22(27)12-10-19/h3-4,9-12,20-21,23,30H,1-2,5-8,13-18H2,(H,28,31)/t20-,21-,23-/m0/s1. The van der Waals surface area contributed by atoms with E-state index in [1.165, 1.54) is 12.1 Å². The lowest BCUT2D eigenvalue weighted by molar-refractivity contribution is -0.152. The van der Waals surface area contributed by atoms with Gasteiger partial charge in [-0.05, 0) is 49.8 Å². The van der Waals surface area contributed by atoms with Crippen LogP contribution in [-0.2, 0) is 25.5 Å².